The Morgan fingerprint density at radius 2 is 0.500 bits per heavy atom. The molecule has 0 amide bonds. The van der Waals surface area contributed by atoms with E-state index in [2.05, 4.69) is 46.4 Å². The molecule has 0 fully saturated rings. The third kappa shape index (κ3) is 736. The highest BCUT2D eigenvalue weighted by molar-refractivity contribution is 7.49. The Hall–Kier alpha value is 0.519. The minimum absolute atomic E-state index is 0.667. The molecule has 0 aromatic heterocycles. The van der Waals surface area contributed by atoms with Crippen LogP contribution >= 0.6 is 0 Å². The van der Waals surface area contributed by atoms with Gasteiger partial charge in [-0.3, -0.25) is 0 Å². The summed E-state index contributed by atoms with van der Waals surface area (Å²) in [7, 11) is 28.0. The van der Waals surface area contributed by atoms with Crippen molar-refractivity contribution in [1.29, 1.82) is 0 Å². The molecule has 0 aliphatic carbocycles. The van der Waals surface area contributed by atoms with Crippen molar-refractivity contribution < 1.29 is 0 Å². The predicted octanol–water partition coefficient (Wildman–Crippen LogP) is -3.05. The Labute approximate surface area is 59.8 Å². The summed E-state index contributed by atoms with van der Waals surface area (Å²) in [5, 5.41) is 0. The normalized spacial score (nSPS) is 6.00. The van der Waals surface area contributed by atoms with Gasteiger partial charge in [-0.25, -0.2) is 0 Å². The summed E-state index contributed by atoms with van der Waals surface area (Å²) in [6, 6.07) is 0. The van der Waals surface area contributed by atoms with E-state index in [0.717, 1.165) is 0 Å². The van der Waals surface area contributed by atoms with E-state index in [0.29, 0.717) is 0 Å². The second-order valence-corrected chi connectivity index (χ2v) is 1.15. The van der Waals surface area contributed by atoms with E-state index in [1.165, 1.54) is 0 Å². The maximum Gasteiger partial charge on any atom is 0 e. The van der Waals surface area contributed by atoms with Crippen LogP contribution in [-0.4, -0.2) is 59.2 Å². The fourth-order valence-corrected chi connectivity index (χ4v) is 0. The van der Waals surface area contributed by atoms with Gasteiger partial charge in [-0.2, -0.15) is 0 Å². The molecule has 8 heteroatoms. The molecule has 0 unspecified atom stereocenters. The van der Waals surface area contributed by atoms with Crippen LogP contribution in [0, 0.1) is 0 Å². The van der Waals surface area contributed by atoms with Crippen molar-refractivity contribution in [3.63, 3.8) is 0 Å². The molecule has 12 radical (unpaired) electrons. The minimum atomic E-state index is -0.667. The molecule has 0 bridgehead atoms. The first kappa shape index (κ1) is 11.3. The van der Waals surface area contributed by atoms with Crippen molar-refractivity contribution in [2.24, 2.45) is 0 Å². The van der Waals surface area contributed by atoms with Crippen molar-refractivity contribution in [1.82, 2.24) is 0 Å². The smallest absolute Gasteiger partial charge is 0 e. The van der Waals surface area contributed by atoms with Gasteiger partial charge in [-0.15, -0.1) is 0 Å². The van der Waals surface area contributed by atoms with Crippen LogP contribution in [-0.2, 0) is 0 Å². The maximum absolute atomic E-state index is 4.67. The first-order chi connectivity index (χ1) is 3.46. The Balaban J connectivity index is 0. The lowest BCUT2D eigenvalue weighted by atomic mass is 9.08. The Morgan fingerprint density at radius 1 is 0.500 bits per heavy atom. The minimum Gasteiger partial charge on any atom is 0 e. The maximum atomic E-state index is 4.67. The standard InChI is InChI=1S/2B4/c2*1-4(2)3. The quantitative estimate of drug-likeness (QED) is 0.275. The molecule has 0 aliphatic rings. The topological polar surface area (TPSA) is 0 Å². The third-order valence-electron chi connectivity index (χ3n) is 0. The molecule has 0 N–H and O–H groups in total. The first-order valence-corrected chi connectivity index (χ1v) is 2.00. The molecule has 0 rings (SSSR count). The van der Waals surface area contributed by atoms with E-state index in [4.69, 9.17) is 0 Å². The molecule has 0 saturated carbocycles. The Bertz CT molecular complexity index is 15.5. The van der Waals surface area contributed by atoms with E-state index in [1.807, 2.05) is 0 Å². The fraction of sp³-hybridized carbons (Fsp3) is 0. The Morgan fingerprint density at radius 3 is 0.500 bits per heavy atom. The zero-order valence-electron chi connectivity index (χ0n) is 4.62. The first-order valence-electron chi connectivity index (χ1n) is 2.00. The van der Waals surface area contributed by atoms with Crippen molar-refractivity contribution >= 4 is 59.2 Å². The monoisotopic (exact) mass is 88.1 g/mol. The summed E-state index contributed by atoms with van der Waals surface area (Å²) in [6.07, 6.45) is -1.33. The molecular formula is B8. The van der Waals surface area contributed by atoms with E-state index in [1.54, 1.807) is 0 Å². The second-order valence-electron chi connectivity index (χ2n) is 1.15. The van der Waals surface area contributed by atoms with Crippen LogP contribution in [0.2, 0.25) is 0 Å². The van der Waals surface area contributed by atoms with Gasteiger partial charge in [-0.05, 0) is 0 Å². The highest BCUT2D eigenvalue weighted by Gasteiger charge is 1.74. The van der Waals surface area contributed by atoms with Crippen LogP contribution in [0.3, 0.4) is 0 Å². The van der Waals surface area contributed by atoms with E-state index >= 15 is 0 Å². The van der Waals surface area contributed by atoms with Gasteiger partial charge in [0.25, 0.3) is 0 Å². The lowest BCUT2D eigenvalue weighted by Gasteiger charge is -1.73. The van der Waals surface area contributed by atoms with Crippen LogP contribution < -0.4 is 0 Å². The van der Waals surface area contributed by atoms with Crippen molar-refractivity contribution in [2.45, 2.75) is 0 Å². The van der Waals surface area contributed by atoms with Gasteiger partial charge < -0.3 is 0 Å². The molecule has 0 atom stereocenters. The number of hydrogen-bond donors (Lipinski definition) is 0. The van der Waals surface area contributed by atoms with E-state index < -0.39 is 12.8 Å². The van der Waals surface area contributed by atoms with Gasteiger partial charge in [0.1, 0.15) is 0 Å². The van der Waals surface area contributed by atoms with E-state index in [9.17, 15) is 0 Å². The lowest BCUT2D eigenvalue weighted by molar-refractivity contribution is 4.02. The van der Waals surface area contributed by atoms with Crippen molar-refractivity contribution in [3.8, 4) is 0 Å². The number of hydrogen-bond acceptors (Lipinski definition) is 0. The molecule has 0 aromatic rings. The van der Waals surface area contributed by atoms with Crippen LogP contribution in [0.1, 0.15) is 0 Å². The Kier molecular flexibility index (Phi) is 10.7. The van der Waals surface area contributed by atoms with Crippen LogP contribution in [0.5, 0.6) is 0 Å². The average molecular weight is 86.5 g/mol. The molecule has 0 aromatic carbocycles. The van der Waals surface area contributed by atoms with Crippen molar-refractivity contribution in [2.75, 3.05) is 0 Å². The van der Waals surface area contributed by atoms with Gasteiger partial charge >= 0.3 is 0 Å². The van der Waals surface area contributed by atoms with Gasteiger partial charge in [-0.1, -0.05) is 0 Å². The van der Waals surface area contributed by atoms with Crippen LogP contribution in [0.4, 0.5) is 0 Å². The molecule has 0 spiro atoms. The molecule has 0 heterocycles. The van der Waals surface area contributed by atoms with Gasteiger partial charge in [0.05, 0.1) is 0 Å². The highest BCUT2D eigenvalue weighted by Crippen LogP contribution is 1.36. The molecule has 8 heavy (non-hydrogen) atoms. The van der Waals surface area contributed by atoms with Gasteiger partial charge in [0, 0.05) is 59.2 Å². The second kappa shape index (κ2) is 7.52. The molecule has 0 nitrogen and oxygen atoms in total. The van der Waals surface area contributed by atoms with Gasteiger partial charge in [0.2, 0.25) is 0 Å². The average Bonchev–Trinajstić information content (AvgIpc) is 1.25. The van der Waals surface area contributed by atoms with Crippen LogP contribution in [0.15, 0.2) is 0 Å². The van der Waals surface area contributed by atoms with Crippen LogP contribution in [0.25, 0.3) is 0 Å². The highest BCUT2D eigenvalue weighted by atomic mass is 12.5. The zero-order chi connectivity index (χ0) is 7.15. The molecule has 0 saturated heterocycles. The summed E-state index contributed by atoms with van der Waals surface area (Å²) in [5.41, 5.74) is 0. The third-order valence-corrected chi connectivity index (χ3v) is 0. The summed E-state index contributed by atoms with van der Waals surface area (Å²) in [4.78, 5) is 0. The van der Waals surface area contributed by atoms with Crippen molar-refractivity contribution in [3.05, 3.63) is 0 Å². The summed E-state index contributed by atoms with van der Waals surface area (Å²) in [5.74, 6) is 0. The zero-order valence-corrected chi connectivity index (χ0v) is 4.62. The summed E-state index contributed by atoms with van der Waals surface area (Å²) < 4.78 is 0. The fourth-order valence-electron chi connectivity index (χ4n) is 0. The summed E-state index contributed by atoms with van der Waals surface area (Å²) in [6.45, 7) is 0. The largest absolute Gasteiger partial charge is 0 e. The van der Waals surface area contributed by atoms with Gasteiger partial charge in [0.15, 0.2) is 0 Å². The predicted molar refractivity (Wildman–Crippen MR) is 46.0 cm³/mol. The molecule has 0 aliphatic heterocycles. The lowest BCUT2D eigenvalue weighted by Crippen LogP contribution is -2.11. The van der Waals surface area contributed by atoms with E-state index in [-0.39, 0.29) is 0 Å². The summed E-state index contributed by atoms with van der Waals surface area (Å²) >= 11 is 0. The SMILES string of the molecule is [B]B([B])[B].[B]B([B])[B]. The number of rotatable bonds is 0. The molecular weight excluding hydrogens is 86.5 g/mol. The molecule has 24 valence electrons.